The fourth-order valence-corrected chi connectivity index (χ4v) is 4.74. The Bertz CT molecular complexity index is 913. The van der Waals surface area contributed by atoms with Gasteiger partial charge in [-0.1, -0.05) is 106 Å². The summed E-state index contributed by atoms with van der Waals surface area (Å²) in [5, 5.41) is 2.60. The van der Waals surface area contributed by atoms with Crippen LogP contribution in [0.4, 0.5) is 0 Å². The molecule has 1 aliphatic rings. The third-order valence-corrected chi connectivity index (χ3v) is 6.62. The van der Waals surface area contributed by atoms with Gasteiger partial charge in [0.15, 0.2) is 0 Å². The average molecular weight is 437 g/mol. The molecule has 0 nitrogen and oxygen atoms in total. The lowest BCUT2D eigenvalue weighted by Gasteiger charge is -2.24. The maximum Gasteiger partial charge on any atom is 0.0450 e. The van der Waals surface area contributed by atoms with Crippen LogP contribution in [0.15, 0.2) is 66.7 Å². The molecule has 2 heteroatoms. The molecule has 0 N–H and O–H groups in total. The number of hydrogen-bond acceptors (Lipinski definition) is 2. The largest absolute Gasteiger partial charge is 0.114 e. The van der Waals surface area contributed by atoms with Gasteiger partial charge in [0.25, 0.3) is 0 Å². The Morgan fingerprint density at radius 3 is 2.40 bits per heavy atom. The molecule has 0 aliphatic heterocycles. The van der Waals surface area contributed by atoms with Gasteiger partial charge in [-0.05, 0) is 66.0 Å². The van der Waals surface area contributed by atoms with E-state index in [1.54, 1.807) is 22.9 Å². The van der Waals surface area contributed by atoms with Crippen LogP contribution in [-0.4, -0.2) is 4.20 Å². The van der Waals surface area contributed by atoms with Crippen molar-refractivity contribution >= 4 is 38.9 Å². The zero-order valence-electron chi connectivity index (χ0n) is 19.0. The monoisotopic (exact) mass is 436 g/mol. The zero-order chi connectivity index (χ0) is 21.8. The first-order chi connectivity index (χ1) is 14.7. The van der Waals surface area contributed by atoms with E-state index in [9.17, 15) is 0 Å². The highest BCUT2D eigenvalue weighted by Crippen LogP contribution is 2.34. The molecule has 3 aromatic carbocycles. The quantitative estimate of drug-likeness (QED) is 0.374. The number of thiocarbonyl (C=S) groups is 1. The van der Waals surface area contributed by atoms with Crippen molar-refractivity contribution in [1.29, 1.82) is 0 Å². The molecule has 1 atom stereocenters. The number of thioether (sulfide) groups is 1. The van der Waals surface area contributed by atoms with Crippen LogP contribution in [0.3, 0.4) is 0 Å². The van der Waals surface area contributed by atoms with Gasteiger partial charge < -0.3 is 0 Å². The van der Waals surface area contributed by atoms with Crippen molar-refractivity contribution in [3.8, 4) is 0 Å². The Labute approximate surface area is 193 Å². The summed E-state index contributed by atoms with van der Waals surface area (Å²) >= 11 is 6.78. The number of benzene rings is 3. The number of fused-ring (bicyclic) bond motifs is 2. The van der Waals surface area contributed by atoms with E-state index in [1.165, 1.54) is 48.4 Å². The minimum absolute atomic E-state index is 0.856. The molecule has 0 heterocycles. The number of rotatable bonds is 4. The van der Waals surface area contributed by atoms with Crippen LogP contribution in [0.1, 0.15) is 76.0 Å². The second-order valence-corrected chi connectivity index (χ2v) is 9.60. The van der Waals surface area contributed by atoms with Gasteiger partial charge in [-0.2, -0.15) is 0 Å². The van der Waals surface area contributed by atoms with Crippen molar-refractivity contribution in [1.82, 2.24) is 0 Å². The Hall–Kier alpha value is -1.64. The second-order valence-electron chi connectivity index (χ2n) is 7.54. The van der Waals surface area contributed by atoms with Crippen molar-refractivity contribution in [3.05, 3.63) is 83.4 Å². The lowest BCUT2D eigenvalue weighted by molar-refractivity contribution is 0.515. The van der Waals surface area contributed by atoms with Gasteiger partial charge in [0, 0.05) is 9.95 Å². The summed E-state index contributed by atoms with van der Waals surface area (Å²) in [4.78, 5) is 0. The molecule has 30 heavy (non-hydrogen) atoms. The van der Waals surface area contributed by atoms with E-state index in [4.69, 9.17) is 12.2 Å². The highest BCUT2D eigenvalue weighted by molar-refractivity contribution is 8.22. The summed E-state index contributed by atoms with van der Waals surface area (Å²) in [5.41, 5.74) is 4.57. The van der Waals surface area contributed by atoms with Crippen LogP contribution in [0, 0.1) is 0 Å². The molecule has 0 fully saturated rings. The molecule has 0 spiro atoms. The van der Waals surface area contributed by atoms with E-state index < -0.39 is 0 Å². The maximum absolute atomic E-state index is 5.05. The standard InChI is InChI=1S/C13H12S2.C13H18.C2H6/c1-10(14)15-9-11-6-7-12-4-2-3-5-13(12)8-11;1-2-6-11-8-5-9-12-7-3-4-10-13(11)12;1-2/h2-8H,9H2,1H3;3-4,7,10-11H,2,5-6,8-9H2,1H3;1-2H3. The maximum atomic E-state index is 5.05. The van der Waals surface area contributed by atoms with Gasteiger partial charge in [0.2, 0.25) is 0 Å². The normalized spacial score (nSPS) is 14.6. The molecule has 0 amide bonds. The van der Waals surface area contributed by atoms with Gasteiger partial charge in [-0.25, -0.2) is 0 Å². The third-order valence-electron chi connectivity index (χ3n) is 5.39. The molecular formula is C28H36S2. The summed E-state index contributed by atoms with van der Waals surface area (Å²) in [5.74, 6) is 1.83. The van der Waals surface area contributed by atoms with E-state index in [2.05, 4.69) is 73.7 Å². The highest BCUT2D eigenvalue weighted by Gasteiger charge is 2.18. The lowest BCUT2D eigenvalue weighted by Crippen LogP contribution is -2.09. The molecule has 1 unspecified atom stereocenters. The predicted octanol–water partition coefficient (Wildman–Crippen LogP) is 9.35. The lowest BCUT2D eigenvalue weighted by atomic mass is 9.81. The molecular weight excluding hydrogens is 400 g/mol. The van der Waals surface area contributed by atoms with E-state index in [1.807, 2.05) is 20.8 Å². The topological polar surface area (TPSA) is 0 Å². The van der Waals surface area contributed by atoms with Gasteiger partial charge >= 0.3 is 0 Å². The van der Waals surface area contributed by atoms with Crippen molar-refractivity contribution < 1.29 is 0 Å². The molecule has 0 radical (unpaired) electrons. The van der Waals surface area contributed by atoms with E-state index in [0.29, 0.717) is 0 Å². The first-order valence-electron chi connectivity index (χ1n) is 11.4. The Kier molecular flexibility index (Phi) is 11.2. The Morgan fingerprint density at radius 1 is 0.967 bits per heavy atom. The summed E-state index contributed by atoms with van der Waals surface area (Å²) < 4.78 is 1.00. The van der Waals surface area contributed by atoms with Crippen molar-refractivity contribution in [2.75, 3.05) is 0 Å². The molecule has 3 aromatic rings. The summed E-state index contributed by atoms with van der Waals surface area (Å²) in [6, 6.07) is 24.0. The smallest absolute Gasteiger partial charge is 0.0450 e. The van der Waals surface area contributed by atoms with E-state index in [0.717, 1.165) is 15.9 Å². The van der Waals surface area contributed by atoms with Crippen LogP contribution >= 0.6 is 24.0 Å². The number of hydrogen-bond donors (Lipinski definition) is 0. The van der Waals surface area contributed by atoms with Gasteiger partial charge in [0.1, 0.15) is 0 Å². The minimum Gasteiger partial charge on any atom is -0.114 e. The van der Waals surface area contributed by atoms with Crippen LogP contribution < -0.4 is 0 Å². The van der Waals surface area contributed by atoms with E-state index >= 15 is 0 Å². The molecule has 0 aromatic heterocycles. The second kappa shape index (κ2) is 13.6. The molecule has 160 valence electrons. The highest BCUT2D eigenvalue weighted by atomic mass is 32.2. The first kappa shape index (κ1) is 24.6. The predicted molar refractivity (Wildman–Crippen MR) is 142 cm³/mol. The Morgan fingerprint density at radius 2 is 1.67 bits per heavy atom. The SMILES string of the molecule is CC.CC(=S)SCc1ccc2ccccc2c1.CCCC1CCCc2ccccc21. The van der Waals surface area contributed by atoms with Crippen LogP contribution in [0.2, 0.25) is 0 Å². The van der Waals surface area contributed by atoms with Gasteiger partial charge in [-0.15, -0.1) is 11.8 Å². The van der Waals surface area contributed by atoms with Crippen molar-refractivity contribution in [3.63, 3.8) is 0 Å². The molecule has 4 rings (SSSR count). The third kappa shape index (κ3) is 7.56. The average Bonchev–Trinajstić information content (AvgIpc) is 2.80. The fourth-order valence-electron chi connectivity index (χ4n) is 4.02. The van der Waals surface area contributed by atoms with Crippen LogP contribution in [0.25, 0.3) is 10.8 Å². The summed E-state index contributed by atoms with van der Waals surface area (Å²) in [7, 11) is 0. The minimum atomic E-state index is 0.856. The van der Waals surface area contributed by atoms with Crippen LogP contribution in [-0.2, 0) is 12.2 Å². The van der Waals surface area contributed by atoms with Crippen molar-refractivity contribution in [2.24, 2.45) is 0 Å². The van der Waals surface area contributed by atoms with Gasteiger partial charge in [0.05, 0.1) is 0 Å². The zero-order valence-corrected chi connectivity index (χ0v) is 20.6. The van der Waals surface area contributed by atoms with Crippen molar-refractivity contribution in [2.45, 2.75) is 71.5 Å². The fraction of sp³-hybridized carbons (Fsp3) is 0.393. The van der Waals surface area contributed by atoms with E-state index in [-0.39, 0.29) is 0 Å². The number of aryl methyl sites for hydroxylation is 1. The summed E-state index contributed by atoms with van der Waals surface area (Å²) in [6.45, 7) is 8.26. The van der Waals surface area contributed by atoms with Gasteiger partial charge in [-0.3, -0.25) is 0 Å². The molecule has 1 aliphatic carbocycles. The first-order valence-corrected chi connectivity index (χ1v) is 12.8. The van der Waals surface area contributed by atoms with Crippen LogP contribution in [0.5, 0.6) is 0 Å². The molecule has 0 saturated carbocycles. The molecule has 0 bridgehead atoms. The summed E-state index contributed by atoms with van der Waals surface area (Å²) in [6.07, 6.45) is 6.79. The molecule has 0 saturated heterocycles. The Balaban J connectivity index is 0.000000199.